The zero-order valence-corrected chi connectivity index (χ0v) is 20.0. The summed E-state index contributed by atoms with van der Waals surface area (Å²) in [6.45, 7) is 0. The molecular formula is C26H25Cl2N3O2. The van der Waals surface area contributed by atoms with Crippen molar-refractivity contribution in [3.05, 3.63) is 94.5 Å². The van der Waals surface area contributed by atoms with Crippen molar-refractivity contribution < 1.29 is 9.59 Å². The van der Waals surface area contributed by atoms with Crippen LogP contribution in [0.4, 0.5) is 11.4 Å². The Hall–Kier alpha value is -2.86. The highest BCUT2D eigenvalue weighted by atomic mass is 35.5. The van der Waals surface area contributed by atoms with Gasteiger partial charge >= 0.3 is 0 Å². The molecule has 2 unspecified atom stereocenters. The summed E-state index contributed by atoms with van der Waals surface area (Å²) in [6.07, 6.45) is 1.53. The number of fused-ring (bicyclic) bond motifs is 1. The number of carbonyl (C=O) groups excluding carboxylic acids is 2. The minimum Gasteiger partial charge on any atom is -0.322 e. The predicted molar refractivity (Wildman–Crippen MR) is 134 cm³/mol. The molecule has 5 nitrogen and oxygen atoms in total. The summed E-state index contributed by atoms with van der Waals surface area (Å²) in [4.78, 5) is 29.9. The molecule has 0 aliphatic carbocycles. The van der Waals surface area contributed by atoms with Gasteiger partial charge in [0, 0.05) is 17.3 Å². The number of benzene rings is 3. The van der Waals surface area contributed by atoms with Crippen LogP contribution in [0.5, 0.6) is 0 Å². The van der Waals surface area contributed by atoms with Gasteiger partial charge in [-0.1, -0.05) is 53.5 Å². The van der Waals surface area contributed by atoms with Crippen molar-refractivity contribution in [1.29, 1.82) is 0 Å². The van der Waals surface area contributed by atoms with Crippen LogP contribution >= 0.6 is 23.2 Å². The molecule has 3 aromatic rings. The molecule has 0 aromatic heterocycles. The van der Waals surface area contributed by atoms with Crippen LogP contribution in [0, 0.1) is 0 Å². The van der Waals surface area contributed by atoms with Crippen LogP contribution in [0.15, 0.2) is 72.8 Å². The summed E-state index contributed by atoms with van der Waals surface area (Å²) in [7, 11) is 4.08. The Morgan fingerprint density at radius 1 is 0.939 bits per heavy atom. The lowest BCUT2D eigenvalue weighted by molar-refractivity contribution is 0.0982. The molecule has 1 aliphatic heterocycles. The number of halogens is 2. The fourth-order valence-electron chi connectivity index (χ4n) is 4.17. The lowest BCUT2D eigenvalue weighted by Gasteiger charge is -2.28. The molecule has 2 atom stereocenters. The zero-order valence-electron chi connectivity index (χ0n) is 18.5. The van der Waals surface area contributed by atoms with Gasteiger partial charge in [-0.05, 0) is 75.0 Å². The number of para-hydroxylation sites is 1. The van der Waals surface area contributed by atoms with Gasteiger partial charge in [-0.3, -0.25) is 14.5 Å². The van der Waals surface area contributed by atoms with Crippen molar-refractivity contribution in [3.63, 3.8) is 0 Å². The summed E-state index contributed by atoms with van der Waals surface area (Å²) in [5.41, 5.74) is 2.92. The maximum atomic E-state index is 13.5. The standard InChI is InChI=1S/C26H25Cl2N3O2/c1-30(2)22-15-16-24(28)31(23-10-6-4-8-20(22)23)26(33)17-11-13-18(14-12-17)29-25(32)19-7-3-5-9-21(19)27/h3-14,22,24H,15-16H2,1-2H3,(H,29,32). The van der Waals surface area contributed by atoms with Gasteiger partial charge in [0.1, 0.15) is 5.50 Å². The number of amides is 2. The van der Waals surface area contributed by atoms with Gasteiger partial charge in [0.05, 0.1) is 16.3 Å². The van der Waals surface area contributed by atoms with Crippen LogP contribution < -0.4 is 10.2 Å². The van der Waals surface area contributed by atoms with E-state index in [-0.39, 0.29) is 17.9 Å². The summed E-state index contributed by atoms with van der Waals surface area (Å²) in [5.74, 6) is -0.484. The van der Waals surface area contributed by atoms with Crippen LogP contribution in [0.25, 0.3) is 0 Å². The highest BCUT2D eigenvalue weighted by Gasteiger charge is 2.33. The number of alkyl halides is 1. The van der Waals surface area contributed by atoms with Crippen molar-refractivity contribution >= 4 is 46.4 Å². The number of rotatable bonds is 4. The highest BCUT2D eigenvalue weighted by molar-refractivity contribution is 6.34. The number of hydrogen-bond acceptors (Lipinski definition) is 3. The number of hydrogen-bond donors (Lipinski definition) is 1. The van der Waals surface area contributed by atoms with E-state index >= 15 is 0 Å². The van der Waals surface area contributed by atoms with E-state index in [9.17, 15) is 9.59 Å². The molecular weight excluding hydrogens is 457 g/mol. The van der Waals surface area contributed by atoms with Gasteiger partial charge in [0.25, 0.3) is 11.8 Å². The van der Waals surface area contributed by atoms with E-state index in [4.69, 9.17) is 23.2 Å². The second kappa shape index (κ2) is 9.96. The fraction of sp³-hybridized carbons (Fsp3) is 0.231. The topological polar surface area (TPSA) is 52.6 Å². The Bertz CT molecular complexity index is 1160. The third-order valence-corrected chi connectivity index (χ3v) is 6.61. The minimum absolute atomic E-state index is 0.175. The normalized spacial score (nSPS) is 17.9. The Morgan fingerprint density at radius 2 is 1.61 bits per heavy atom. The van der Waals surface area contributed by atoms with Gasteiger partial charge in [-0.25, -0.2) is 0 Å². The van der Waals surface area contributed by atoms with Crippen molar-refractivity contribution in [1.82, 2.24) is 4.90 Å². The van der Waals surface area contributed by atoms with E-state index in [0.717, 1.165) is 17.7 Å². The number of anilines is 2. The monoisotopic (exact) mass is 481 g/mol. The van der Waals surface area contributed by atoms with E-state index in [1.165, 1.54) is 0 Å². The van der Waals surface area contributed by atoms with E-state index in [0.29, 0.717) is 28.3 Å². The second-order valence-corrected chi connectivity index (χ2v) is 9.15. The van der Waals surface area contributed by atoms with Gasteiger partial charge in [0.2, 0.25) is 0 Å². The van der Waals surface area contributed by atoms with Gasteiger partial charge in [-0.2, -0.15) is 0 Å². The molecule has 2 amide bonds. The average molecular weight is 482 g/mol. The first-order valence-corrected chi connectivity index (χ1v) is 11.6. The second-order valence-electron chi connectivity index (χ2n) is 8.24. The van der Waals surface area contributed by atoms with E-state index in [1.807, 2.05) is 32.3 Å². The SMILES string of the molecule is CN(C)C1CCC(Cl)N(C(=O)c2ccc(NC(=O)c3ccccc3Cl)cc2)c2ccccc21. The first-order valence-electron chi connectivity index (χ1n) is 10.8. The largest absolute Gasteiger partial charge is 0.322 e. The predicted octanol–water partition coefficient (Wildman–Crippen LogP) is 6.20. The van der Waals surface area contributed by atoms with Crippen LogP contribution in [0.1, 0.15) is 45.2 Å². The molecule has 0 bridgehead atoms. The summed E-state index contributed by atoms with van der Waals surface area (Å²) in [6, 6.07) is 21.8. The van der Waals surface area contributed by atoms with Crippen molar-refractivity contribution in [2.45, 2.75) is 24.4 Å². The molecule has 0 fully saturated rings. The maximum Gasteiger partial charge on any atom is 0.259 e. The van der Waals surface area contributed by atoms with Crippen molar-refractivity contribution in [2.24, 2.45) is 0 Å². The number of nitrogens with one attached hydrogen (secondary N) is 1. The van der Waals surface area contributed by atoms with E-state index < -0.39 is 5.50 Å². The molecule has 3 aromatic carbocycles. The third-order valence-electron chi connectivity index (χ3n) is 5.86. The first kappa shape index (κ1) is 23.3. The summed E-state index contributed by atoms with van der Waals surface area (Å²) < 4.78 is 0. The molecule has 1 aliphatic rings. The molecule has 7 heteroatoms. The van der Waals surface area contributed by atoms with Crippen LogP contribution in [0.3, 0.4) is 0 Å². The minimum atomic E-state index is -0.455. The molecule has 4 rings (SSSR count). The van der Waals surface area contributed by atoms with Crippen LogP contribution in [-0.2, 0) is 0 Å². The Labute approximate surface area is 203 Å². The van der Waals surface area contributed by atoms with E-state index in [2.05, 4.69) is 16.3 Å². The molecule has 1 heterocycles. The number of nitrogens with zero attached hydrogens (tertiary/aromatic N) is 2. The summed E-state index contributed by atoms with van der Waals surface area (Å²) >= 11 is 12.8. The Balaban J connectivity index is 1.58. The molecule has 0 saturated heterocycles. The molecule has 1 N–H and O–H groups in total. The smallest absolute Gasteiger partial charge is 0.259 e. The fourth-order valence-corrected chi connectivity index (χ4v) is 4.71. The summed E-state index contributed by atoms with van der Waals surface area (Å²) in [5, 5.41) is 3.20. The third kappa shape index (κ3) is 4.91. The Morgan fingerprint density at radius 3 is 2.30 bits per heavy atom. The zero-order chi connectivity index (χ0) is 23.5. The lowest BCUT2D eigenvalue weighted by atomic mass is 10.0. The number of carbonyl (C=O) groups is 2. The van der Waals surface area contributed by atoms with Gasteiger partial charge in [0.15, 0.2) is 0 Å². The van der Waals surface area contributed by atoms with Crippen LogP contribution in [-0.4, -0.2) is 36.3 Å². The van der Waals surface area contributed by atoms with E-state index in [1.54, 1.807) is 53.4 Å². The van der Waals surface area contributed by atoms with Crippen molar-refractivity contribution in [2.75, 3.05) is 24.3 Å². The molecule has 0 radical (unpaired) electrons. The quantitative estimate of drug-likeness (QED) is 0.356. The molecule has 0 spiro atoms. The lowest BCUT2D eigenvalue weighted by Crippen LogP contribution is -2.37. The molecule has 33 heavy (non-hydrogen) atoms. The molecule has 0 saturated carbocycles. The maximum absolute atomic E-state index is 13.5. The highest BCUT2D eigenvalue weighted by Crippen LogP contribution is 2.39. The van der Waals surface area contributed by atoms with Gasteiger partial charge in [-0.15, -0.1) is 0 Å². The van der Waals surface area contributed by atoms with Crippen LogP contribution in [0.2, 0.25) is 5.02 Å². The van der Waals surface area contributed by atoms with Crippen molar-refractivity contribution in [3.8, 4) is 0 Å². The van der Waals surface area contributed by atoms with Gasteiger partial charge < -0.3 is 10.2 Å². The first-order chi connectivity index (χ1) is 15.9. The molecule has 170 valence electrons. The Kier molecular flexibility index (Phi) is 7.03. The average Bonchev–Trinajstić information content (AvgIpc) is 2.95.